The second-order valence-electron chi connectivity index (χ2n) is 3.60. The van der Waals surface area contributed by atoms with E-state index < -0.39 is 0 Å². The van der Waals surface area contributed by atoms with Crippen molar-refractivity contribution in [2.45, 2.75) is 45.4 Å². The third kappa shape index (κ3) is 1.73. The molecule has 1 saturated carbocycles. The summed E-state index contributed by atoms with van der Waals surface area (Å²) in [6.45, 7) is 2.21. The Morgan fingerprint density at radius 3 is 2.45 bits per heavy atom. The van der Waals surface area contributed by atoms with Crippen LogP contribution in [0.2, 0.25) is 0 Å². The van der Waals surface area contributed by atoms with E-state index in [4.69, 9.17) is 18.0 Å². The van der Waals surface area contributed by atoms with Crippen molar-refractivity contribution < 1.29 is 0 Å². The van der Waals surface area contributed by atoms with E-state index in [0.717, 1.165) is 4.99 Å². The summed E-state index contributed by atoms with van der Waals surface area (Å²) in [7, 11) is 0. The molecule has 2 heteroatoms. The molecular weight excluding hydrogens is 154 g/mol. The van der Waals surface area contributed by atoms with Crippen molar-refractivity contribution in [2.24, 2.45) is 11.1 Å². The maximum atomic E-state index is 5.70. The lowest BCUT2D eigenvalue weighted by Gasteiger charge is -2.41. The summed E-state index contributed by atoms with van der Waals surface area (Å²) in [6.07, 6.45) is 7.55. The van der Waals surface area contributed by atoms with Crippen molar-refractivity contribution in [3.63, 3.8) is 0 Å². The molecule has 0 heterocycles. The van der Waals surface area contributed by atoms with Gasteiger partial charge in [-0.05, 0) is 19.3 Å². The first-order valence-electron chi connectivity index (χ1n) is 4.51. The third-order valence-electron chi connectivity index (χ3n) is 2.84. The number of unbranched alkanes of at least 4 members (excludes halogenated alkanes) is 1. The first-order valence-corrected chi connectivity index (χ1v) is 4.92. The van der Waals surface area contributed by atoms with Crippen molar-refractivity contribution in [1.29, 1.82) is 0 Å². The smallest absolute Gasteiger partial charge is 0.0790 e. The van der Waals surface area contributed by atoms with Gasteiger partial charge in [-0.1, -0.05) is 38.4 Å². The lowest BCUT2D eigenvalue weighted by atomic mass is 9.66. The van der Waals surface area contributed by atoms with Crippen LogP contribution in [0.4, 0.5) is 0 Å². The van der Waals surface area contributed by atoms with Crippen LogP contribution in [-0.2, 0) is 0 Å². The molecule has 0 atom stereocenters. The van der Waals surface area contributed by atoms with Crippen LogP contribution >= 0.6 is 12.2 Å². The largest absolute Gasteiger partial charge is 0.393 e. The second kappa shape index (κ2) is 3.53. The van der Waals surface area contributed by atoms with Crippen LogP contribution in [0.15, 0.2) is 0 Å². The van der Waals surface area contributed by atoms with Gasteiger partial charge in [0.15, 0.2) is 0 Å². The van der Waals surface area contributed by atoms with Gasteiger partial charge in [0.25, 0.3) is 0 Å². The van der Waals surface area contributed by atoms with Gasteiger partial charge in [-0.2, -0.15) is 0 Å². The Kier molecular flexibility index (Phi) is 2.88. The Bertz CT molecular complexity index is 150. The van der Waals surface area contributed by atoms with Crippen LogP contribution in [0, 0.1) is 5.41 Å². The zero-order chi connectivity index (χ0) is 8.32. The van der Waals surface area contributed by atoms with Gasteiger partial charge >= 0.3 is 0 Å². The molecule has 0 radical (unpaired) electrons. The van der Waals surface area contributed by atoms with Gasteiger partial charge in [0.2, 0.25) is 0 Å². The zero-order valence-corrected chi connectivity index (χ0v) is 8.04. The Hall–Kier alpha value is -0.110. The fourth-order valence-electron chi connectivity index (χ4n) is 1.74. The molecule has 0 aromatic heterocycles. The highest BCUT2D eigenvalue weighted by molar-refractivity contribution is 7.80. The fourth-order valence-corrected chi connectivity index (χ4v) is 2.04. The standard InChI is InChI=1S/C9H17NS/c1-2-3-5-9(8(10)11)6-4-7-9/h2-7H2,1H3,(H2,10,11). The molecule has 0 spiro atoms. The number of thiocarbonyl (C=S) groups is 1. The van der Waals surface area contributed by atoms with Crippen molar-refractivity contribution in [2.75, 3.05) is 0 Å². The number of nitrogens with two attached hydrogens (primary N) is 1. The molecule has 1 fully saturated rings. The van der Waals surface area contributed by atoms with Gasteiger partial charge in [0.05, 0.1) is 4.99 Å². The topological polar surface area (TPSA) is 26.0 Å². The molecule has 0 unspecified atom stereocenters. The first-order chi connectivity index (χ1) is 5.21. The van der Waals surface area contributed by atoms with Gasteiger partial charge in [0, 0.05) is 5.41 Å². The number of hydrogen-bond acceptors (Lipinski definition) is 1. The molecule has 1 aliphatic rings. The lowest BCUT2D eigenvalue weighted by Crippen LogP contribution is -2.41. The molecule has 0 saturated heterocycles. The maximum absolute atomic E-state index is 5.70. The van der Waals surface area contributed by atoms with Crippen molar-refractivity contribution in [1.82, 2.24) is 0 Å². The quantitative estimate of drug-likeness (QED) is 0.658. The van der Waals surface area contributed by atoms with Crippen LogP contribution in [0.1, 0.15) is 45.4 Å². The summed E-state index contributed by atoms with van der Waals surface area (Å²) < 4.78 is 0. The van der Waals surface area contributed by atoms with E-state index in [1.165, 1.54) is 38.5 Å². The lowest BCUT2D eigenvalue weighted by molar-refractivity contribution is 0.211. The molecule has 11 heavy (non-hydrogen) atoms. The molecule has 2 N–H and O–H groups in total. The van der Waals surface area contributed by atoms with E-state index in [1.807, 2.05) is 0 Å². The van der Waals surface area contributed by atoms with E-state index in [9.17, 15) is 0 Å². The van der Waals surface area contributed by atoms with Gasteiger partial charge in [-0.3, -0.25) is 0 Å². The maximum Gasteiger partial charge on any atom is 0.0790 e. The Morgan fingerprint density at radius 2 is 2.18 bits per heavy atom. The average Bonchev–Trinajstić information content (AvgIpc) is 1.85. The predicted molar refractivity (Wildman–Crippen MR) is 52.6 cm³/mol. The van der Waals surface area contributed by atoms with E-state index in [0.29, 0.717) is 0 Å². The van der Waals surface area contributed by atoms with Crippen molar-refractivity contribution in [3.05, 3.63) is 0 Å². The zero-order valence-electron chi connectivity index (χ0n) is 7.23. The van der Waals surface area contributed by atoms with Crippen molar-refractivity contribution >= 4 is 17.2 Å². The molecule has 1 aliphatic carbocycles. The molecular formula is C9H17NS. The van der Waals surface area contributed by atoms with E-state index in [2.05, 4.69) is 6.92 Å². The van der Waals surface area contributed by atoms with Crippen molar-refractivity contribution in [3.8, 4) is 0 Å². The SMILES string of the molecule is CCCCC1(C(N)=S)CCC1. The summed E-state index contributed by atoms with van der Waals surface area (Å²) in [5.74, 6) is 0. The highest BCUT2D eigenvalue weighted by atomic mass is 32.1. The highest BCUT2D eigenvalue weighted by Crippen LogP contribution is 2.45. The van der Waals surface area contributed by atoms with Gasteiger partial charge in [0.1, 0.15) is 0 Å². The van der Waals surface area contributed by atoms with E-state index in [-0.39, 0.29) is 5.41 Å². The number of rotatable bonds is 4. The minimum atomic E-state index is 0.283. The fraction of sp³-hybridized carbons (Fsp3) is 0.889. The van der Waals surface area contributed by atoms with Gasteiger partial charge in [-0.15, -0.1) is 0 Å². The molecule has 1 nitrogen and oxygen atoms in total. The molecule has 0 amide bonds. The summed E-state index contributed by atoms with van der Waals surface area (Å²) in [5, 5.41) is 0. The summed E-state index contributed by atoms with van der Waals surface area (Å²) >= 11 is 5.07. The predicted octanol–water partition coefficient (Wildman–Crippen LogP) is 2.63. The molecule has 0 aromatic rings. The second-order valence-corrected chi connectivity index (χ2v) is 4.04. The minimum absolute atomic E-state index is 0.283. The Labute approximate surface area is 74.4 Å². The average molecular weight is 171 g/mol. The minimum Gasteiger partial charge on any atom is -0.393 e. The molecule has 0 aromatic carbocycles. The van der Waals surface area contributed by atoms with Crippen LogP contribution < -0.4 is 5.73 Å². The summed E-state index contributed by atoms with van der Waals surface area (Å²) in [6, 6.07) is 0. The van der Waals surface area contributed by atoms with Gasteiger partial charge in [-0.25, -0.2) is 0 Å². The third-order valence-corrected chi connectivity index (χ3v) is 3.28. The van der Waals surface area contributed by atoms with E-state index in [1.54, 1.807) is 0 Å². The molecule has 0 aliphatic heterocycles. The van der Waals surface area contributed by atoms with Gasteiger partial charge < -0.3 is 5.73 Å². The number of hydrogen-bond donors (Lipinski definition) is 1. The van der Waals surface area contributed by atoms with Crippen LogP contribution in [0.25, 0.3) is 0 Å². The monoisotopic (exact) mass is 171 g/mol. The first kappa shape index (κ1) is 8.98. The van der Waals surface area contributed by atoms with E-state index >= 15 is 0 Å². The molecule has 0 bridgehead atoms. The summed E-state index contributed by atoms with van der Waals surface area (Å²) in [4.78, 5) is 0.761. The highest BCUT2D eigenvalue weighted by Gasteiger charge is 2.38. The normalized spacial score (nSPS) is 20.8. The molecule has 64 valence electrons. The Morgan fingerprint density at radius 1 is 1.55 bits per heavy atom. The Balaban J connectivity index is 2.40. The summed E-state index contributed by atoms with van der Waals surface area (Å²) in [5.41, 5.74) is 5.99. The molecule has 1 rings (SSSR count). The van der Waals surface area contributed by atoms with Crippen LogP contribution in [0.5, 0.6) is 0 Å². The van der Waals surface area contributed by atoms with Crippen LogP contribution in [-0.4, -0.2) is 4.99 Å². The van der Waals surface area contributed by atoms with Crippen LogP contribution in [0.3, 0.4) is 0 Å².